The fraction of sp³-hybridized carbons (Fsp3) is 0.300. The second-order valence-corrected chi connectivity index (χ2v) is 7.64. The highest BCUT2D eigenvalue weighted by molar-refractivity contribution is 7.99. The van der Waals surface area contributed by atoms with Gasteiger partial charge in [-0.15, -0.1) is 23.5 Å². The largest absolute Gasteiger partial charge is 0.482 e. The highest BCUT2D eigenvalue weighted by Gasteiger charge is 2.15. The van der Waals surface area contributed by atoms with Gasteiger partial charge in [0, 0.05) is 33.1 Å². The molecule has 2 N–H and O–H groups in total. The van der Waals surface area contributed by atoms with Crippen LogP contribution in [0.2, 0.25) is 0 Å². The highest BCUT2D eigenvalue weighted by Crippen LogP contribution is 2.43. The molecular weight excluding hydrogens is 368 g/mol. The van der Waals surface area contributed by atoms with Gasteiger partial charge in [-0.05, 0) is 0 Å². The van der Waals surface area contributed by atoms with Gasteiger partial charge in [-0.1, -0.05) is 48.5 Å². The van der Waals surface area contributed by atoms with Crippen molar-refractivity contribution in [2.45, 2.75) is 0 Å². The third-order valence-electron chi connectivity index (χ3n) is 3.88. The average Bonchev–Trinajstić information content (AvgIpc) is 2.69. The predicted molar refractivity (Wildman–Crippen MR) is 112 cm³/mol. The summed E-state index contributed by atoms with van der Waals surface area (Å²) in [5.74, 6) is 3.97. The van der Waals surface area contributed by atoms with Gasteiger partial charge in [-0.3, -0.25) is 0 Å². The van der Waals surface area contributed by atoms with E-state index in [2.05, 4.69) is 0 Å². The number of aliphatic hydroxyl groups is 2. The molecule has 26 heavy (non-hydrogen) atoms. The van der Waals surface area contributed by atoms with Gasteiger partial charge in [-0.25, -0.2) is 0 Å². The van der Waals surface area contributed by atoms with E-state index in [1.807, 2.05) is 48.5 Å². The summed E-state index contributed by atoms with van der Waals surface area (Å²) in [7, 11) is 0. The fourth-order valence-electron chi connectivity index (χ4n) is 2.81. The molecule has 3 aromatic carbocycles. The van der Waals surface area contributed by atoms with Crippen LogP contribution in [-0.2, 0) is 0 Å². The standard InChI is InChI=1S/C20H22O4S2/c21-9-11-25-13-23-19-15-5-1-2-6-16(15)20(24-14-26-12-10-22)18-8-4-3-7-17(18)19/h1-8,21-22H,9-14H2. The summed E-state index contributed by atoms with van der Waals surface area (Å²) in [6, 6.07) is 16.2. The number of benzene rings is 3. The summed E-state index contributed by atoms with van der Waals surface area (Å²) in [6.07, 6.45) is 0. The molecule has 0 aliphatic carbocycles. The van der Waals surface area contributed by atoms with Crippen LogP contribution in [0.1, 0.15) is 0 Å². The Morgan fingerprint density at radius 1 is 0.615 bits per heavy atom. The maximum atomic E-state index is 8.95. The van der Waals surface area contributed by atoms with E-state index in [0.29, 0.717) is 23.4 Å². The topological polar surface area (TPSA) is 58.9 Å². The lowest BCUT2D eigenvalue weighted by Gasteiger charge is -2.17. The highest BCUT2D eigenvalue weighted by atomic mass is 32.2. The van der Waals surface area contributed by atoms with E-state index in [4.69, 9.17) is 19.7 Å². The molecule has 0 unspecified atom stereocenters. The van der Waals surface area contributed by atoms with E-state index < -0.39 is 0 Å². The number of aliphatic hydroxyl groups excluding tert-OH is 2. The minimum absolute atomic E-state index is 0.147. The molecule has 4 nitrogen and oxygen atoms in total. The van der Waals surface area contributed by atoms with Crippen LogP contribution in [0.25, 0.3) is 21.5 Å². The Hall–Kier alpha value is -1.60. The molecular formula is C20H22O4S2. The molecule has 0 saturated carbocycles. The Morgan fingerprint density at radius 2 is 0.962 bits per heavy atom. The Labute approximate surface area is 161 Å². The molecule has 3 aromatic rings. The quantitative estimate of drug-likeness (QED) is 0.309. The zero-order valence-corrected chi connectivity index (χ0v) is 16.0. The molecule has 0 aliphatic heterocycles. The molecule has 0 radical (unpaired) electrons. The molecule has 138 valence electrons. The fourth-order valence-corrected chi connectivity index (χ4v) is 3.70. The smallest absolute Gasteiger partial charge is 0.136 e. The summed E-state index contributed by atoms with van der Waals surface area (Å²) >= 11 is 3.12. The van der Waals surface area contributed by atoms with E-state index in [9.17, 15) is 0 Å². The third-order valence-corrected chi connectivity index (χ3v) is 5.39. The molecule has 0 aliphatic rings. The number of fused-ring (bicyclic) bond motifs is 2. The van der Waals surface area contributed by atoms with Gasteiger partial charge < -0.3 is 19.7 Å². The van der Waals surface area contributed by atoms with Gasteiger partial charge >= 0.3 is 0 Å². The van der Waals surface area contributed by atoms with Crippen LogP contribution < -0.4 is 9.47 Å². The van der Waals surface area contributed by atoms with Crippen LogP contribution in [0, 0.1) is 0 Å². The number of hydrogen-bond acceptors (Lipinski definition) is 6. The van der Waals surface area contributed by atoms with Crippen LogP contribution in [0.5, 0.6) is 11.5 Å². The summed E-state index contributed by atoms with van der Waals surface area (Å²) in [5, 5.41) is 22.0. The molecule has 0 fully saturated rings. The zero-order valence-electron chi connectivity index (χ0n) is 14.4. The van der Waals surface area contributed by atoms with Crippen LogP contribution >= 0.6 is 23.5 Å². The van der Waals surface area contributed by atoms with Crippen molar-refractivity contribution >= 4 is 45.1 Å². The lowest BCUT2D eigenvalue weighted by atomic mass is 10.0. The lowest BCUT2D eigenvalue weighted by Crippen LogP contribution is -2.01. The Kier molecular flexibility index (Phi) is 7.32. The van der Waals surface area contributed by atoms with Gasteiger partial charge in [0.2, 0.25) is 0 Å². The summed E-state index contributed by atoms with van der Waals surface area (Å²) in [4.78, 5) is 0. The first-order chi connectivity index (χ1) is 12.9. The first-order valence-corrected chi connectivity index (χ1v) is 10.7. The lowest BCUT2D eigenvalue weighted by molar-refractivity contribution is 0.321. The number of rotatable bonds is 10. The molecule has 0 amide bonds. The SMILES string of the molecule is OCCSCOc1c2ccccc2c(OCSCCO)c2ccccc12. The van der Waals surface area contributed by atoms with E-state index in [1.54, 1.807) is 23.5 Å². The molecule has 0 bridgehead atoms. The van der Waals surface area contributed by atoms with Crippen molar-refractivity contribution in [3.63, 3.8) is 0 Å². The van der Waals surface area contributed by atoms with E-state index in [1.165, 1.54) is 0 Å². The molecule has 0 heterocycles. The van der Waals surface area contributed by atoms with Crippen LogP contribution in [0.3, 0.4) is 0 Å². The van der Waals surface area contributed by atoms with Crippen LogP contribution in [0.15, 0.2) is 48.5 Å². The monoisotopic (exact) mass is 390 g/mol. The Morgan fingerprint density at radius 3 is 1.27 bits per heavy atom. The van der Waals surface area contributed by atoms with Gasteiger partial charge in [0.05, 0.1) is 13.2 Å². The first kappa shape index (κ1) is 19.2. The normalized spacial score (nSPS) is 11.2. The van der Waals surface area contributed by atoms with Gasteiger partial charge in [-0.2, -0.15) is 0 Å². The number of thioether (sulfide) groups is 2. The zero-order chi connectivity index (χ0) is 18.2. The van der Waals surface area contributed by atoms with Crippen molar-refractivity contribution in [3.05, 3.63) is 48.5 Å². The molecule has 0 saturated heterocycles. The molecule has 3 rings (SSSR count). The van der Waals surface area contributed by atoms with Crippen molar-refractivity contribution in [1.82, 2.24) is 0 Å². The van der Waals surface area contributed by atoms with Gasteiger partial charge in [0.15, 0.2) is 0 Å². The van der Waals surface area contributed by atoms with Gasteiger partial charge in [0.25, 0.3) is 0 Å². The maximum absolute atomic E-state index is 8.95. The van der Waals surface area contributed by atoms with Crippen molar-refractivity contribution in [2.24, 2.45) is 0 Å². The van der Waals surface area contributed by atoms with Crippen LogP contribution in [0.4, 0.5) is 0 Å². The minimum Gasteiger partial charge on any atom is -0.482 e. The number of ether oxygens (including phenoxy) is 2. The Bertz CT molecular complexity index is 727. The van der Waals surface area contributed by atoms with Crippen molar-refractivity contribution in [1.29, 1.82) is 0 Å². The van der Waals surface area contributed by atoms with Crippen molar-refractivity contribution in [3.8, 4) is 11.5 Å². The molecule has 0 atom stereocenters. The van der Waals surface area contributed by atoms with E-state index in [-0.39, 0.29) is 13.2 Å². The second kappa shape index (κ2) is 9.92. The second-order valence-electron chi connectivity index (χ2n) is 5.54. The molecule has 0 aromatic heterocycles. The maximum Gasteiger partial charge on any atom is 0.136 e. The van der Waals surface area contributed by atoms with E-state index >= 15 is 0 Å². The van der Waals surface area contributed by atoms with Crippen molar-refractivity contribution in [2.75, 3.05) is 36.6 Å². The van der Waals surface area contributed by atoms with Crippen molar-refractivity contribution < 1.29 is 19.7 Å². The predicted octanol–water partition coefficient (Wildman–Crippen LogP) is 4.12. The molecule has 6 heteroatoms. The molecule has 0 spiro atoms. The summed E-state index contributed by atoms with van der Waals surface area (Å²) in [5.41, 5.74) is 0. The van der Waals surface area contributed by atoms with E-state index in [0.717, 1.165) is 33.0 Å². The van der Waals surface area contributed by atoms with Crippen LogP contribution in [-0.4, -0.2) is 46.8 Å². The van der Waals surface area contributed by atoms with Gasteiger partial charge in [0.1, 0.15) is 23.4 Å². The number of hydrogen-bond donors (Lipinski definition) is 2. The summed E-state index contributed by atoms with van der Waals surface area (Å²) in [6.45, 7) is 0.293. The minimum atomic E-state index is 0.147. The average molecular weight is 391 g/mol. The third kappa shape index (κ3) is 4.38. The first-order valence-electron chi connectivity index (χ1n) is 8.43. The summed E-state index contributed by atoms with van der Waals surface area (Å²) < 4.78 is 12.2. The Balaban J connectivity index is 2.03.